The normalized spacial score (nSPS) is 10.9. The molecule has 0 saturated carbocycles. The lowest BCUT2D eigenvalue weighted by atomic mass is 10.3. The molecule has 0 aliphatic carbocycles. The maximum absolute atomic E-state index is 11.6. The Morgan fingerprint density at radius 1 is 0.938 bits per heavy atom. The Hall–Kier alpha value is -3.38. The highest BCUT2D eigenvalue weighted by molar-refractivity contribution is 6.28. The standard InChI is InChI=1S/2C9H9ClN4O2/c1-5(15)2-3-14-4-6-7(13-14)8(16)12-9(10)11-6;1-5(15)2-3-14-7-6(4-11-14)12-9(10)13-8(7)16/h4H,2-3H2,1H3,(H,11,12,16);4H,2-3H2,1H3,(H,12,13,16). The summed E-state index contributed by atoms with van der Waals surface area (Å²) in [7, 11) is 0. The fraction of sp³-hybridized carbons (Fsp3) is 0.333. The third-order valence-electron chi connectivity index (χ3n) is 4.23. The van der Waals surface area contributed by atoms with Gasteiger partial charge in [-0.1, -0.05) is 0 Å². The molecule has 4 rings (SSSR count). The van der Waals surface area contributed by atoms with Gasteiger partial charge in [0.2, 0.25) is 10.6 Å². The van der Waals surface area contributed by atoms with E-state index >= 15 is 0 Å². The van der Waals surface area contributed by atoms with E-state index in [4.69, 9.17) is 23.2 Å². The zero-order valence-electron chi connectivity index (χ0n) is 17.1. The van der Waals surface area contributed by atoms with E-state index in [1.54, 1.807) is 6.20 Å². The van der Waals surface area contributed by atoms with Crippen molar-refractivity contribution in [1.29, 1.82) is 0 Å². The number of aryl methyl sites for hydroxylation is 2. The minimum atomic E-state index is -0.378. The second-order valence-corrected chi connectivity index (χ2v) is 7.56. The van der Waals surface area contributed by atoms with Gasteiger partial charge in [-0.2, -0.15) is 10.2 Å². The number of hydrogen-bond acceptors (Lipinski definition) is 8. The summed E-state index contributed by atoms with van der Waals surface area (Å²) in [5.41, 5.74) is 0.695. The predicted molar refractivity (Wildman–Crippen MR) is 117 cm³/mol. The number of H-pyrrole nitrogens is 2. The summed E-state index contributed by atoms with van der Waals surface area (Å²) < 4.78 is 2.98. The van der Waals surface area contributed by atoms with Gasteiger partial charge in [-0.3, -0.25) is 38.5 Å². The largest absolute Gasteiger partial charge is 0.300 e. The van der Waals surface area contributed by atoms with Crippen LogP contribution in [0, 0.1) is 0 Å². The first-order valence-electron chi connectivity index (χ1n) is 9.37. The number of hydrogen-bond donors (Lipinski definition) is 2. The number of halogens is 2. The molecule has 0 aromatic carbocycles. The molecule has 0 spiro atoms. The van der Waals surface area contributed by atoms with Gasteiger partial charge in [0.25, 0.3) is 11.1 Å². The van der Waals surface area contributed by atoms with Gasteiger partial charge in [-0.05, 0) is 37.0 Å². The van der Waals surface area contributed by atoms with Crippen molar-refractivity contribution in [2.75, 3.05) is 0 Å². The lowest BCUT2D eigenvalue weighted by Gasteiger charge is -2.00. The zero-order valence-corrected chi connectivity index (χ0v) is 18.6. The number of nitrogens with one attached hydrogen (secondary N) is 2. The molecule has 32 heavy (non-hydrogen) atoms. The molecular formula is C18H18Cl2N8O4. The summed E-state index contributed by atoms with van der Waals surface area (Å²) in [6.45, 7) is 3.80. The fourth-order valence-electron chi connectivity index (χ4n) is 2.74. The molecule has 0 amide bonds. The van der Waals surface area contributed by atoms with Crippen LogP contribution in [0.1, 0.15) is 26.7 Å². The monoisotopic (exact) mass is 480 g/mol. The number of aromatic amines is 2. The Morgan fingerprint density at radius 3 is 2.19 bits per heavy atom. The lowest BCUT2D eigenvalue weighted by Crippen LogP contribution is -2.14. The number of nitrogens with zero attached hydrogens (tertiary/aromatic N) is 6. The topological polar surface area (TPSA) is 161 Å². The van der Waals surface area contributed by atoms with Gasteiger partial charge in [0.05, 0.1) is 12.4 Å². The highest BCUT2D eigenvalue weighted by atomic mass is 35.5. The Balaban J connectivity index is 0.000000181. The van der Waals surface area contributed by atoms with Crippen molar-refractivity contribution in [1.82, 2.24) is 39.5 Å². The summed E-state index contributed by atoms with van der Waals surface area (Å²) >= 11 is 11.2. The van der Waals surface area contributed by atoms with E-state index in [1.165, 1.54) is 29.4 Å². The predicted octanol–water partition coefficient (Wildman–Crippen LogP) is 1.50. The molecule has 0 saturated heterocycles. The number of carbonyl (C=O) groups is 2. The molecule has 0 bridgehead atoms. The first-order chi connectivity index (χ1) is 15.1. The highest BCUT2D eigenvalue weighted by Gasteiger charge is 2.10. The van der Waals surface area contributed by atoms with E-state index in [0.717, 1.165) is 0 Å². The molecule has 168 valence electrons. The van der Waals surface area contributed by atoms with Crippen molar-refractivity contribution in [3.05, 3.63) is 43.7 Å². The molecule has 4 aromatic rings. The molecule has 12 nitrogen and oxygen atoms in total. The number of rotatable bonds is 6. The van der Waals surface area contributed by atoms with Crippen molar-refractivity contribution in [3.8, 4) is 0 Å². The molecule has 0 unspecified atom stereocenters. The van der Waals surface area contributed by atoms with Crippen molar-refractivity contribution in [2.24, 2.45) is 0 Å². The number of ketones is 2. The Kier molecular flexibility index (Phi) is 7.15. The smallest absolute Gasteiger partial charge is 0.280 e. The fourth-order valence-corrected chi connectivity index (χ4v) is 3.09. The number of Topliss-reactive ketones (excluding diaryl/α,β-unsaturated/α-hetero) is 2. The third-order valence-corrected chi connectivity index (χ3v) is 4.59. The van der Waals surface area contributed by atoms with Crippen LogP contribution < -0.4 is 11.1 Å². The van der Waals surface area contributed by atoms with Gasteiger partial charge in [-0.25, -0.2) is 9.97 Å². The Morgan fingerprint density at radius 2 is 1.53 bits per heavy atom. The average molecular weight is 481 g/mol. The van der Waals surface area contributed by atoms with E-state index in [9.17, 15) is 19.2 Å². The molecule has 0 aliphatic rings. The SMILES string of the molecule is CC(=O)CCn1cc2nc(Cl)[nH]c(=O)c2n1.CC(=O)CCn1ncc2nc(Cl)[nH]c(=O)c21. The third kappa shape index (κ3) is 5.65. The van der Waals surface area contributed by atoms with E-state index in [0.29, 0.717) is 42.5 Å². The molecule has 0 aliphatic heterocycles. The Bertz CT molecular complexity index is 1410. The number of carbonyl (C=O) groups excluding carboxylic acids is 2. The van der Waals surface area contributed by atoms with Crippen molar-refractivity contribution in [2.45, 2.75) is 39.8 Å². The van der Waals surface area contributed by atoms with Gasteiger partial charge >= 0.3 is 0 Å². The first-order valence-corrected chi connectivity index (χ1v) is 10.1. The van der Waals surface area contributed by atoms with E-state index in [2.05, 4.69) is 30.1 Å². The minimum absolute atomic E-state index is 0.0311. The van der Waals surface area contributed by atoms with Crippen LogP contribution in [-0.4, -0.2) is 51.1 Å². The van der Waals surface area contributed by atoms with Crippen LogP contribution >= 0.6 is 23.2 Å². The first kappa shape index (κ1) is 23.3. The van der Waals surface area contributed by atoms with Gasteiger partial charge in [0, 0.05) is 25.9 Å². The number of fused-ring (bicyclic) bond motifs is 2. The van der Waals surface area contributed by atoms with E-state index in [1.807, 2.05) is 0 Å². The van der Waals surface area contributed by atoms with Crippen LogP contribution in [0.4, 0.5) is 0 Å². The second-order valence-electron chi connectivity index (χ2n) is 6.85. The molecular weight excluding hydrogens is 463 g/mol. The maximum atomic E-state index is 11.6. The second kappa shape index (κ2) is 9.83. The zero-order chi connectivity index (χ0) is 23.4. The Labute approximate surface area is 189 Å². The summed E-state index contributed by atoms with van der Waals surface area (Å²) in [6.07, 6.45) is 3.76. The van der Waals surface area contributed by atoms with Crippen molar-refractivity contribution < 1.29 is 9.59 Å². The summed E-state index contributed by atoms with van der Waals surface area (Å²) in [5, 5.41) is 8.08. The van der Waals surface area contributed by atoms with Crippen LogP contribution in [0.25, 0.3) is 22.1 Å². The average Bonchev–Trinajstić information content (AvgIpc) is 3.29. The van der Waals surface area contributed by atoms with Crippen molar-refractivity contribution >= 4 is 56.8 Å². The summed E-state index contributed by atoms with van der Waals surface area (Å²) in [6, 6.07) is 0. The molecule has 0 radical (unpaired) electrons. The summed E-state index contributed by atoms with van der Waals surface area (Å²) in [4.78, 5) is 57.3. The minimum Gasteiger partial charge on any atom is -0.300 e. The quantitative estimate of drug-likeness (QED) is 0.392. The van der Waals surface area contributed by atoms with Crippen LogP contribution in [-0.2, 0) is 22.7 Å². The maximum Gasteiger partial charge on any atom is 0.280 e. The van der Waals surface area contributed by atoms with Gasteiger partial charge in [0.1, 0.15) is 22.6 Å². The van der Waals surface area contributed by atoms with Gasteiger partial charge in [0.15, 0.2) is 11.0 Å². The van der Waals surface area contributed by atoms with E-state index in [-0.39, 0.29) is 38.8 Å². The van der Waals surface area contributed by atoms with Crippen LogP contribution in [0.2, 0.25) is 10.6 Å². The lowest BCUT2D eigenvalue weighted by molar-refractivity contribution is -0.118. The van der Waals surface area contributed by atoms with E-state index < -0.39 is 0 Å². The molecule has 2 N–H and O–H groups in total. The van der Waals surface area contributed by atoms with Crippen LogP contribution in [0.3, 0.4) is 0 Å². The molecule has 0 fully saturated rings. The van der Waals surface area contributed by atoms with Gasteiger partial charge < -0.3 is 0 Å². The highest BCUT2D eigenvalue weighted by Crippen LogP contribution is 2.09. The number of aromatic nitrogens is 8. The van der Waals surface area contributed by atoms with Crippen LogP contribution in [0.15, 0.2) is 22.0 Å². The van der Waals surface area contributed by atoms with Crippen molar-refractivity contribution in [3.63, 3.8) is 0 Å². The summed E-state index contributed by atoms with van der Waals surface area (Å²) in [5.74, 6) is 0.112. The molecule has 14 heteroatoms. The molecule has 4 aromatic heterocycles. The molecule has 0 atom stereocenters. The van der Waals surface area contributed by atoms with Gasteiger partial charge in [-0.15, -0.1) is 0 Å². The van der Waals surface area contributed by atoms with Crippen LogP contribution in [0.5, 0.6) is 0 Å². The molecule has 4 heterocycles.